The van der Waals surface area contributed by atoms with Crippen molar-refractivity contribution >= 4 is 50.1 Å². The number of nitrogens with one attached hydrogen (secondary N) is 1. The molecule has 8 heteroatoms. The molecule has 0 aliphatic heterocycles. The SMILES string of the molecule is CC(=O)Nc1ccccc1C(=O)c1c(Sc2ccccc2)c2ccccc2n1S(=O)(=O)c1ccccc1. The van der Waals surface area contributed by atoms with Gasteiger partial charge in [0.05, 0.1) is 21.0 Å². The summed E-state index contributed by atoms with van der Waals surface area (Å²) in [4.78, 5) is 27.6. The number of hydrogen-bond donors (Lipinski definition) is 1. The Hall–Kier alpha value is -4.14. The van der Waals surface area contributed by atoms with Gasteiger partial charge in [-0.25, -0.2) is 12.4 Å². The Balaban J connectivity index is 1.84. The first kappa shape index (κ1) is 24.5. The number of nitrogens with zero attached hydrogens (tertiary/aromatic N) is 1. The molecule has 4 aromatic carbocycles. The summed E-state index contributed by atoms with van der Waals surface area (Å²) in [5.74, 6) is -0.852. The molecule has 37 heavy (non-hydrogen) atoms. The number of carbonyl (C=O) groups is 2. The maximum Gasteiger partial charge on any atom is 0.268 e. The highest BCUT2D eigenvalue weighted by atomic mass is 32.2. The van der Waals surface area contributed by atoms with E-state index in [1.807, 2.05) is 42.5 Å². The van der Waals surface area contributed by atoms with E-state index in [0.717, 1.165) is 8.87 Å². The minimum absolute atomic E-state index is 0.0108. The van der Waals surface area contributed by atoms with Gasteiger partial charge in [0.2, 0.25) is 11.7 Å². The summed E-state index contributed by atoms with van der Waals surface area (Å²) < 4.78 is 29.3. The van der Waals surface area contributed by atoms with Gasteiger partial charge in [-0.15, -0.1) is 0 Å². The van der Waals surface area contributed by atoms with Crippen molar-refractivity contribution in [2.24, 2.45) is 0 Å². The molecule has 1 N–H and O–H groups in total. The molecule has 0 spiro atoms. The number of carbonyl (C=O) groups excluding carboxylic acids is 2. The van der Waals surface area contributed by atoms with Gasteiger partial charge in [0.1, 0.15) is 5.69 Å². The van der Waals surface area contributed by atoms with Crippen LogP contribution in [0.4, 0.5) is 5.69 Å². The van der Waals surface area contributed by atoms with Gasteiger partial charge < -0.3 is 5.32 Å². The van der Waals surface area contributed by atoms with Crippen LogP contribution in [0.25, 0.3) is 10.9 Å². The van der Waals surface area contributed by atoms with Gasteiger partial charge in [0.25, 0.3) is 10.0 Å². The van der Waals surface area contributed by atoms with Crippen molar-refractivity contribution in [1.29, 1.82) is 0 Å². The molecule has 5 rings (SSSR count). The molecule has 0 fully saturated rings. The lowest BCUT2D eigenvalue weighted by molar-refractivity contribution is -0.114. The van der Waals surface area contributed by atoms with Crippen LogP contribution in [0.5, 0.6) is 0 Å². The Bertz CT molecular complexity index is 1730. The molecule has 0 saturated carbocycles. The molecular formula is C29H22N2O4S2. The van der Waals surface area contributed by atoms with Crippen LogP contribution in [-0.4, -0.2) is 24.1 Å². The van der Waals surface area contributed by atoms with Crippen LogP contribution < -0.4 is 5.32 Å². The predicted molar refractivity (Wildman–Crippen MR) is 146 cm³/mol. The number of para-hydroxylation sites is 2. The normalized spacial score (nSPS) is 11.4. The molecule has 0 saturated heterocycles. The zero-order valence-electron chi connectivity index (χ0n) is 19.8. The maximum atomic E-state index is 14.3. The smallest absolute Gasteiger partial charge is 0.268 e. The predicted octanol–water partition coefficient (Wildman–Crippen LogP) is 6.22. The molecule has 1 aromatic heterocycles. The van der Waals surface area contributed by atoms with Gasteiger partial charge in [-0.1, -0.05) is 78.5 Å². The summed E-state index contributed by atoms with van der Waals surface area (Å²) in [5, 5.41) is 3.33. The third-order valence-corrected chi connectivity index (χ3v) is 8.58. The van der Waals surface area contributed by atoms with Crippen molar-refractivity contribution in [3.63, 3.8) is 0 Å². The first-order valence-corrected chi connectivity index (χ1v) is 13.7. The number of benzene rings is 4. The second-order valence-electron chi connectivity index (χ2n) is 8.25. The Morgan fingerprint density at radius 2 is 1.35 bits per heavy atom. The van der Waals surface area contributed by atoms with E-state index in [4.69, 9.17) is 0 Å². The van der Waals surface area contributed by atoms with E-state index in [9.17, 15) is 18.0 Å². The Morgan fingerprint density at radius 1 is 0.757 bits per heavy atom. The summed E-state index contributed by atoms with van der Waals surface area (Å²) in [5.41, 5.74) is 0.909. The fourth-order valence-electron chi connectivity index (χ4n) is 4.14. The highest BCUT2D eigenvalue weighted by Gasteiger charge is 2.32. The minimum Gasteiger partial charge on any atom is -0.326 e. The molecule has 5 aromatic rings. The van der Waals surface area contributed by atoms with Crippen molar-refractivity contribution in [3.05, 3.63) is 120 Å². The van der Waals surface area contributed by atoms with Crippen molar-refractivity contribution in [2.75, 3.05) is 5.32 Å². The monoisotopic (exact) mass is 526 g/mol. The summed E-state index contributed by atoms with van der Waals surface area (Å²) in [6, 6.07) is 31.2. The molecule has 0 atom stereocenters. The van der Waals surface area contributed by atoms with Crippen molar-refractivity contribution in [3.8, 4) is 0 Å². The number of fused-ring (bicyclic) bond motifs is 1. The standard InChI is InChI=1S/C29H22N2O4S2/c1-20(32)30-25-18-10-8-16-23(25)28(33)27-29(36-21-12-4-2-5-13-21)24-17-9-11-19-26(24)31(27)37(34,35)22-14-6-3-7-15-22/h2-19H,1H3,(H,30,32). The molecule has 184 valence electrons. The van der Waals surface area contributed by atoms with Gasteiger partial charge in [0.15, 0.2) is 0 Å². The summed E-state index contributed by atoms with van der Waals surface area (Å²) in [6.07, 6.45) is 0. The first-order valence-electron chi connectivity index (χ1n) is 11.5. The van der Waals surface area contributed by atoms with E-state index in [2.05, 4.69) is 5.32 Å². The number of hydrogen-bond acceptors (Lipinski definition) is 5. The van der Waals surface area contributed by atoms with E-state index in [-0.39, 0.29) is 22.1 Å². The molecule has 6 nitrogen and oxygen atoms in total. The van der Waals surface area contributed by atoms with Gasteiger partial charge in [0, 0.05) is 22.8 Å². The van der Waals surface area contributed by atoms with Crippen LogP contribution in [0, 0.1) is 0 Å². The molecule has 0 bridgehead atoms. The second-order valence-corrected chi connectivity index (χ2v) is 11.1. The first-order chi connectivity index (χ1) is 17.9. The molecular weight excluding hydrogens is 504 g/mol. The largest absolute Gasteiger partial charge is 0.326 e. The van der Waals surface area contributed by atoms with E-state index in [1.165, 1.54) is 30.8 Å². The summed E-state index contributed by atoms with van der Waals surface area (Å²) in [6.45, 7) is 1.36. The third kappa shape index (κ3) is 4.69. The average Bonchev–Trinajstić information content (AvgIpc) is 3.24. The number of ketones is 1. The Kier molecular flexibility index (Phi) is 6.69. The molecule has 1 amide bonds. The van der Waals surface area contributed by atoms with Gasteiger partial charge >= 0.3 is 0 Å². The topological polar surface area (TPSA) is 85.2 Å². The van der Waals surface area contributed by atoms with Crippen LogP contribution >= 0.6 is 11.8 Å². The number of aromatic nitrogens is 1. The lowest BCUT2D eigenvalue weighted by Crippen LogP contribution is -2.20. The maximum absolute atomic E-state index is 14.3. The Labute approximate surface area is 219 Å². The second kappa shape index (κ2) is 10.1. The lowest BCUT2D eigenvalue weighted by atomic mass is 10.1. The van der Waals surface area contributed by atoms with Crippen molar-refractivity contribution < 1.29 is 18.0 Å². The summed E-state index contributed by atoms with van der Waals surface area (Å²) in [7, 11) is -4.16. The van der Waals surface area contributed by atoms with E-state index in [1.54, 1.807) is 54.6 Å². The molecule has 1 heterocycles. The van der Waals surface area contributed by atoms with Gasteiger partial charge in [-0.3, -0.25) is 9.59 Å². The number of anilines is 1. The zero-order valence-corrected chi connectivity index (χ0v) is 21.4. The lowest BCUT2D eigenvalue weighted by Gasteiger charge is -2.14. The van der Waals surface area contributed by atoms with Crippen molar-refractivity contribution in [2.45, 2.75) is 21.6 Å². The van der Waals surface area contributed by atoms with E-state index in [0.29, 0.717) is 21.5 Å². The highest BCUT2D eigenvalue weighted by molar-refractivity contribution is 7.99. The Morgan fingerprint density at radius 3 is 2.05 bits per heavy atom. The van der Waals surface area contributed by atoms with Gasteiger partial charge in [-0.2, -0.15) is 0 Å². The molecule has 0 aliphatic rings. The number of rotatable bonds is 7. The van der Waals surface area contributed by atoms with Crippen LogP contribution in [0.15, 0.2) is 124 Å². The van der Waals surface area contributed by atoms with Crippen LogP contribution in [0.1, 0.15) is 23.0 Å². The van der Waals surface area contributed by atoms with E-state index < -0.39 is 15.8 Å². The van der Waals surface area contributed by atoms with Gasteiger partial charge in [-0.05, 0) is 42.5 Å². The fraction of sp³-hybridized carbons (Fsp3) is 0.0345. The van der Waals surface area contributed by atoms with E-state index >= 15 is 0 Å². The summed E-state index contributed by atoms with van der Waals surface area (Å²) >= 11 is 1.33. The third-order valence-electron chi connectivity index (χ3n) is 5.73. The fourth-order valence-corrected chi connectivity index (χ4v) is 6.84. The zero-order chi connectivity index (χ0) is 26.0. The van der Waals surface area contributed by atoms with Crippen LogP contribution in [0.2, 0.25) is 0 Å². The minimum atomic E-state index is -4.16. The molecule has 0 radical (unpaired) electrons. The van der Waals surface area contributed by atoms with Crippen LogP contribution in [-0.2, 0) is 14.8 Å². The number of amides is 1. The van der Waals surface area contributed by atoms with Crippen molar-refractivity contribution in [1.82, 2.24) is 3.97 Å². The van der Waals surface area contributed by atoms with Crippen LogP contribution in [0.3, 0.4) is 0 Å². The highest BCUT2D eigenvalue weighted by Crippen LogP contribution is 2.41. The molecule has 0 unspecified atom stereocenters. The average molecular weight is 527 g/mol. The molecule has 0 aliphatic carbocycles. The quantitative estimate of drug-likeness (QED) is 0.255.